The van der Waals surface area contributed by atoms with Crippen molar-refractivity contribution in [3.63, 3.8) is 0 Å². The van der Waals surface area contributed by atoms with Crippen LogP contribution in [0.15, 0.2) is 18.2 Å². The van der Waals surface area contributed by atoms with Gasteiger partial charge in [-0.05, 0) is 0 Å². The van der Waals surface area contributed by atoms with Gasteiger partial charge in [-0.25, -0.2) is 0 Å². The van der Waals surface area contributed by atoms with Gasteiger partial charge in [0.25, 0.3) is 0 Å². The molecule has 0 N–H and O–H groups in total. The van der Waals surface area contributed by atoms with Gasteiger partial charge in [0.15, 0.2) is 0 Å². The number of ether oxygens (including phenoxy) is 1. The molecule has 1 rings (SSSR count). The molecule has 2 heteroatoms. The van der Waals surface area contributed by atoms with E-state index in [1.54, 1.807) is 0 Å². The Morgan fingerprint density at radius 2 is 2.17 bits per heavy atom. The Morgan fingerprint density at radius 3 is 2.83 bits per heavy atom. The molecule has 0 aliphatic carbocycles. The number of hydrogen-bond donors (Lipinski definition) is 0. The van der Waals surface area contributed by atoms with Crippen molar-refractivity contribution in [2.24, 2.45) is 0 Å². The summed E-state index contributed by atoms with van der Waals surface area (Å²) in [5.41, 5.74) is 2.77. The molecule has 0 atom stereocenters. The van der Waals surface area contributed by atoms with E-state index in [9.17, 15) is 0 Å². The third kappa shape index (κ3) is 2.53. The van der Waals surface area contributed by atoms with Crippen molar-refractivity contribution >= 4 is 28.0 Å². The predicted molar refractivity (Wildman–Crippen MR) is 54.7 cm³/mol. The summed E-state index contributed by atoms with van der Waals surface area (Å²) >= 11 is 0.927. The first-order valence-corrected chi connectivity index (χ1v) is 6.42. The van der Waals surface area contributed by atoms with Gasteiger partial charge in [-0.3, -0.25) is 0 Å². The Morgan fingerprint density at radius 1 is 1.42 bits per heavy atom. The molecule has 0 bridgehead atoms. The quantitative estimate of drug-likeness (QED) is 0.725. The Balaban J connectivity index is 2.78. The van der Waals surface area contributed by atoms with Crippen molar-refractivity contribution in [2.45, 2.75) is 20.5 Å². The molecule has 0 heterocycles. The van der Waals surface area contributed by atoms with Crippen LogP contribution in [0.1, 0.15) is 18.1 Å². The third-order valence-corrected chi connectivity index (χ3v) is 4.38. The molecule has 0 aromatic heterocycles. The van der Waals surface area contributed by atoms with Crippen LogP contribution in [0.4, 0.5) is 0 Å². The molecule has 1 aromatic rings. The molecule has 0 fully saturated rings. The van der Waals surface area contributed by atoms with Gasteiger partial charge in [0, 0.05) is 0 Å². The minimum atomic E-state index is 0.767. The fourth-order valence-electron chi connectivity index (χ4n) is 1.07. The van der Waals surface area contributed by atoms with Gasteiger partial charge in [-0.15, -0.1) is 0 Å². The van der Waals surface area contributed by atoms with E-state index in [4.69, 9.17) is 4.74 Å². The van der Waals surface area contributed by atoms with Crippen LogP contribution in [0.2, 0.25) is 0 Å². The minimum absolute atomic E-state index is 0.767. The molecule has 12 heavy (non-hydrogen) atoms. The standard InChI is InChI=1S/C10H13O.Bi.2H/c1-3-11-8-10-7-5-4-6-9(10)2;;;/h4-5,7H,3,8H2,1-2H3;;;. The van der Waals surface area contributed by atoms with Crippen LogP contribution in [0, 0.1) is 6.92 Å². The average Bonchev–Trinajstić information content (AvgIpc) is 2.08. The van der Waals surface area contributed by atoms with Crippen LogP contribution < -0.4 is 3.27 Å². The maximum atomic E-state index is 5.37. The van der Waals surface area contributed by atoms with Gasteiger partial charge >= 0.3 is 89.1 Å². The zero-order valence-electron chi connectivity index (χ0n) is 7.63. The van der Waals surface area contributed by atoms with Crippen LogP contribution in [-0.4, -0.2) is 31.3 Å². The summed E-state index contributed by atoms with van der Waals surface area (Å²) in [6, 6.07) is 6.48. The zero-order chi connectivity index (χ0) is 8.97. The summed E-state index contributed by atoms with van der Waals surface area (Å²) in [7, 11) is 0. The second kappa shape index (κ2) is 4.94. The number of hydrogen-bond acceptors (Lipinski definition) is 1. The Bertz CT molecular complexity index is 258. The van der Waals surface area contributed by atoms with E-state index in [-0.39, 0.29) is 0 Å². The van der Waals surface area contributed by atoms with Gasteiger partial charge in [-0.2, -0.15) is 0 Å². The zero-order valence-corrected chi connectivity index (χ0v) is 12.1. The van der Waals surface area contributed by atoms with Crippen molar-refractivity contribution in [1.29, 1.82) is 0 Å². The van der Waals surface area contributed by atoms with Gasteiger partial charge < -0.3 is 0 Å². The van der Waals surface area contributed by atoms with Crippen LogP contribution in [0.25, 0.3) is 0 Å². The van der Waals surface area contributed by atoms with E-state index in [0.29, 0.717) is 0 Å². The fourth-order valence-corrected chi connectivity index (χ4v) is 2.22. The molecule has 0 unspecified atom stereocenters. The molecular weight excluding hydrogens is 345 g/mol. The fraction of sp³-hybridized carbons (Fsp3) is 0.400. The van der Waals surface area contributed by atoms with E-state index in [2.05, 4.69) is 25.1 Å². The molecule has 0 amide bonds. The van der Waals surface area contributed by atoms with Crippen molar-refractivity contribution in [2.75, 3.05) is 6.61 Å². The van der Waals surface area contributed by atoms with Gasteiger partial charge in [-0.1, -0.05) is 0 Å². The first-order chi connectivity index (χ1) is 5.75. The summed E-state index contributed by atoms with van der Waals surface area (Å²) in [6.07, 6.45) is 0. The third-order valence-electron chi connectivity index (χ3n) is 1.95. The van der Waals surface area contributed by atoms with Gasteiger partial charge in [0.2, 0.25) is 0 Å². The normalized spacial score (nSPS) is 10.2. The molecule has 1 aromatic carbocycles. The number of benzene rings is 1. The molecule has 0 saturated heterocycles. The van der Waals surface area contributed by atoms with Crippen molar-refractivity contribution in [3.8, 4) is 0 Å². The second-order valence-corrected chi connectivity index (χ2v) is 5.19. The van der Waals surface area contributed by atoms with Crippen LogP contribution in [0.5, 0.6) is 0 Å². The summed E-state index contributed by atoms with van der Waals surface area (Å²) in [5.74, 6) is 0. The first kappa shape index (κ1) is 10.1. The summed E-state index contributed by atoms with van der Waals surface area (Å²) in [4.78, 5) is 0. The maximum absolute atomic E-state index is 5.37. The van der Waals surface area contributed by atoms with Crippen molar-refractivity contribution in [1.82, 2.24) is 0 Å². The first-order valence-electron chi connectivity index (χ1n) is 4.17. The predicted octanol–water partition coefficient (Wildman–Crippen LogP) is 0.790. The van der Waals surface area contributed by atoms with E-state index in [0.717, 1.165) is 37.9 Å². The monoisotopic (exact) mass is 360 g/mol. The Labute approximate surface area is 89.0 Å². The van der Waals surface area contributed by atoms with E-state index >= 15 is 0 Å². The van der Waals surface area contributed by atoms with Crippen molar-refractivity contribution in [3.05, 3.63) is 29.3 Å². The molecule has 0 aliphatic rings. The molecule has 0 spiro atoms. The van der Waals surface area contributed by atoms with Crippen LogP contribution in [-0.2, 0) is 11.3 Å². The van der Waals surface area contributed by atoms with E-state index in [1.165, 1.54) is 14.4 Å². The molecular formula is C10H15BiO. The molecule has 0 radical (unpaired) electrons. The van der Waals surface area contributed by atoms with Crippen molar-refractivity contribution < 1.29 is 4.74 Å². The topological polar surface area (TPSA) is 9.23 Å². The molecule has 0 aliphatic heterocycles. The SMILES string of the molecule is CCOCc1ccc[c]([BiH2])c1C. The summed E-state index contributed by atoms with van der Waals surface area (Å²) in [6.45, 7) is 5.78. The summed E-state index contributed by atoms with van der Waals surface area (Å²) < 4.78 is 6.88. The average molecular weight is 360 g/mol. The number of rotatable bonds is 3. The summed E-state index contributed by atoms with van der Waals surface area (Å²) in [5, 5.41) is 0. The van der Waals surface area contributed by atoms with Gasteiger partial charge in [0.05, 0.1) is 0 Å². The second-order valence-electron chi connectivity index (χ2n) is 2.77. The van der Waals surface area contributed by atoms with Gasteiger partial charge in [0.1, 0.15) is 0 Å². The van der Waals surface area contributed by atoms with Crippen LogP contribution >= 0.6 is 0 Å². The Hall–Kier alpha value is 0.0631. The molecule has 66 valence electrons. The molecule has 0 saturated carbocycles. The van der Waals surface area contributed by atoms with E-state index < -0.39 is 0 Å². The Kier molecular flexibility index (Phi) is 4.17. The van der Waals surface area contributed by atoms with E-state index in [1.807, 2.05) is 6.92 Å². The van der Waals surface area contributed by atoms with Crippen LogP contribution in [0.3, 0.4) is 0 Å². The molecule has 1 nitrogen and oxygen atoms in total.